The van der Waals surface area contributed by atoms with Crippen molar-refractivity contribution >= 4 is 17.4 Å². The molecule has 3 rings (SSSR count). The Bertz CT molecular complexity index is 788. The largest absolute Gasteiger partial charge is 0.293 e. The summed E-state index contributed by atoms with van der Waals surface area (Å²) in [6, 6.07) is 3.85. The Morgan fingerprint density at radius 2 is 2.16 bits per heavy atom. The lowest BCUT2D eigenvalue weighted by Gasteiger charge is -2.02. The zero-order valence-corrected chi connectivity index (χ0v) is 10.8. The molecule has 92 valence electrons. The van der Waals surface area contributed by atoms with E-state index in [1.807, 2.05) is 18.4 Å². The lowest BCUT2D eigenvalue weighted by molar-refractivity contribution is 1.02. The van der Waals surface area contributed by atoms with Crippen molar-refractivity contribution in [3.63, 3.8) is 0 Å². The van der Waals surface area contributed by atoms with Gasteiger partial charge in [-0.3, -0.25) is 4.40 Å². The van der Waals surface area contributed by atoms with Gasteiger partial charge in [-0.05, 0) is 12.3 Å². The summed E-state index contributed by atoms with van der Waals surface area (Å²) in [5.41, 5.74) is 1.73. The number of nitriles is 1. The second-order valence-corrected chi connectivity index (χ2v) is 4.51. The van der Waals surface area contributed by atoms with E-state index in [1.54, 1.807) is 40.9 Å². The summed E-state index contributed by atoms with van der Waals surface area (Å²) in [6.07, 6.45) is 8.53. The van der Waals surface area contributed by atoms with Gasteiger partial charge in [-0.15, -0.1) is 11.8 Å². The average Bonchev–Trinajstić information content (AvgIpc) is 2.90. The van der Waals surface area contributed by atoms with Crippen LogP contribution in [0.3, 0.4) is 0 Å². The number of thioether (sulfide) groups is 1. The van der Waals surface area contributed by atoms with E-state index < -0.39 is 0 Å². The van der Waals surface area contributed by atoms with Crippen LogP contribution in [0.25, 0.3) is 17.2 Å². The molecule has 0 saturated carbocycles. The van der Waals surface area contributed by atoms with Gasteiger partial charge in [-0.2, -0.15) is 5.26 Å². The Balaban J connectivity index is 2.21. The second-order valence-electron chi connectivity index (χ2n) is 3.68. The fraction of sp³-hybridized carbons (Fsp3) is 0.0833. The zero-order chi connectivity index (χ0) is 13.2. The average molecular weight is 268 g/mol. The van der Waals surface area contributed by atoms with Crippen LogP contribution in [0.15, 0.2) is 35.9 Å². The molecule has 3 heterocycles. The van der Waals surface area contributed by atoms with Gasteiger partial charge in [0.2, 0.25) is 0 Å². The highest BCUT2D eigenvalue weighted by molar-refractivity contribution is 7.98. The Kier molecular flexibility index (Phi) is 2.85. The van der Waals surface area contributed by atoms with Crippen molar-refractivity contribution in [3.05, 3.63) is 36.5 Å². The third-order valence-electron chi connectivity index (χ3n) is 2.58. The molecule has 0 N–H and O–H groups in total. The van der Waals surface area contributed by atoms with E-state index in [2.05, 4.69) is 19.9 Å². The highest BCUT2D eigenvalue weighted by Crippen LogP contribution is 2.19. The third kappa shape index (κ3) is 2.02. The first kappa shape index (κ1) is 11.6. The summed E-state index contributed by atoms with van der Waals surface area (Å²) < 4.78 is 1.77. The lowest BCUT2D eigenvalue weighted by atomic mass is 10.4. The molecule has 0 aliphatic rings. The van der Waals surface area contributed by atoms with E-state index in [-0.39, 0.29) is 0 Å². The maximum atomic E-state index is 8.90. The maximum Gasteiger partial charge on any atom is 0.179 e. The summed E-state index contributed by atoms with van der Waals surface area (Å²) in [7, 11) is 0. The minimum atomic E-state index is 0.327. The minimum absolute atomic E-state index is 0.327. The van der Waals surface area contributed by atoms with E-state index >= 15 is 0 Å². The Morgan fingerprint density at radius 3 is 2.95 bits per heavy atom. The predicted molar refractivity (Wildman–Crippen MR) is 70.5 cm³/mol. The number of imidazole rings is 1. The molecule has 19 heavy (non-hydrogen) atoms. The molecule has 7 heteroatoms. The van der Waals surface area contributed by atoms with Gasteiger partial charge in [-0.1, -0.05) is 0 Å². The first-order chi connectivity index (χ1) is 9.31. The normalized spacial score (nSPS) is 10.5. The summed E-state index contributed by atoms with van der Waals surface area (Å²) >= 11 is 1.55. The molecular weight excluding hydrogens is 260 g/mol. The molecule has 0 spiro atoms. The number of hydrogen-bond acceptors (Lipinski definition) is 6. The van der Waals surface area contributed by atoms with E-state index in [0.29, 0.717) is 17.2 Å². The van der Waals surface area contributed by atoms with Crippen molar-refractivity contribution in [2.75, 3.05) is 6.26 Å². The summed E-state index contributed by atoms with van der Waals surface area (Å²) in [5, 5.41) is 9.78. The summed E-state index contributed by atoms with van der Waals surface area (Å²) in [4.78, 5) is 16.9. The van der Waals surface area contributed by atoms with Crippen LogP contribution < -0.4 is 0 Å². The third-order valence-corrected chi connectivity index (χ3v) is 3.22. The van der Waals surface area contributed by atoms with Crippen LogP contribution in [0.5, 0.6) is 0 Å². The van der Waals surface area contributed by atoms with Gasteiger partial charge in [0.25, 0.3) is 0 Å². The fourth-order valence-electron chi connectivity index (χ4n) is 1.69. The van der Waals surface area contributed by atoms with Gasteiger partial charge in [0.05, 0.1) is 17.4 Å². The quantitative estimate of drug-likeness (QED) is 0.520. The Labute approximate surface area is 113 Å². The monoisotopic (exact) mass is 268 g/mol. The van der Waals surface area contributed by atoms with Crippen LogP contribution >= 0.6 is 11.8 Å². The molecule has 0 fully saturated rings. The molecule has 0 saturated heterocycles. The van der Waals surface area contributed by atoms with Crippen molar-refractivity contribution in [3.8, 4) is 17.6 Å². The molecule has 0 radical (unpaired) electrons. The Morgan fingerprint density at radius 1 is 1.26 bits per heavy atom. The Hall–Kier alpha value is -2.46. The smallest absolute Gasteiger partial charge is 0.179 e. The van der Waals surface area contributed by atoms with Crippen LogP contribution in [0, 0.1) is 11.3 Å². The number of aromatic nitrogens is 5. The van der Waals surface area contributed by atoms with Crippen molar-refractivity contribution in [2.24, 2.45) is 0 Å². The van der Waals surface area contributed by atoms with Crippen LogP contribution in [-0.4, -0.2) is 30.6 Å². The molecule has 0 aromatic carbocycles. The molecule has 0 amide bonds. The predicted octanol–water partition coefficient (Wildman–Crippen LogP) is 1.78. The summed E-state index contributed by atoms with van der Waals surface area (Å²) in [5.74, 6) is 0.578. The van der Waals surface area contributed by atoms with Gasteiger partial charge in [0, 0.05) is 12.4 Å². The second kappa shape index (κ2) is 4.66. The number of hydrogen-bond donors (Lipinski definition) is 0. The number of nitrogens with zero attached hydrogens (tertiary/aromatic N) is 6. The van der Waals surface area contributed by atoms with Gasteiger partial charge >= 0.3 is 0 Å². The van der Waals surface area contributed by atoms with E-state index in [4.69, 9.17) is 5.26 Å². The molecule has 0 aliphatic heterocycles. The SMILES string of the molecule is CSc1ccnc(-c2cnc3cnc(C#N)cn23)n1. The molecule has 3 aromatic rings. The molecular formula is C12H8N6S. The van der Waals surface area contributed by atoms with Crippen LogP contribution in [0.4, 0.5) is 0 Å². The highest BCUT2D eigenvalue weighted by atomic mass is 32.2. The zero-order valence-electron chi connectivity index (χ0n) is 9.98. The molecule has 6 nitrogen and oxygen atoms in total. The maximum absolute atomic E-state index is 8.90. The highest BCUT2D eigenvalue weighted by Gasteiger charge is 2.10. The van der Waals surface area contributed by atoms with Crippen molar-refractivity contribution < 1.29 is 0 Å². The van der Waals surface area contributed by atoms with Gasteiger partial charge in [0.1, 0.15) is 11.8 Å². The van der Waals surface area contributed by atoms with E-state index in [1.165, 1.54) is 0 Å². The minimum Gasteiger partial charge on any atom is -0.293 e. The van der Waals surface area contributed by atoms with E-state index in [9.17, 15) is 0 Å². The van der Waals surface area contributed by atoms with Crippen LogP contribution in [0.2, 0.25) is 0 Å². The van der Waals surface area contributed by atoms with Crippen molar-refractivity contribution in [2.45, 2.75) is 5.03 Å². The topological polar surface area (TPSA) is 79.8 Å². The van der Waals surface area contributed by atoms with Crippen LogP contribution in [0.1, 0.15) is 5.69 Å². The molecule has 0 atom stereocenters. The first-order valence-electron chi connectivity index (χ1n) is 5.42. The van der Waals surface area contributed by atoms with Gasteiger partial charge in [0.15, 0.2) is 17.2 Å². The van der Waals surface area contributed by atoms with Gasteiger partial charge in [-0.25, -0.2) is 19.9 Å². The molecule has 0 unspecified atom stereocenters. The number of rotatable bonds is 2. The summed E-state index contributed by atoms with van der Waals surface area (Å²) in [6.45, 7) is 0. The fourth-order valence-corrected chi connectivity index (χ4v) is 2.07. The van der Waals surface area contributed by atoms with E-state index in [0.717, 1.165) is 10.7 Å². The van der Waals surface area contributed by atoms with Crippen molar-refractivity contribution in [1.82, 2.24) is 24.3 Å². The van der Waals surface area contributed by atoms with Crippen LogP contribution in [-0.2, 0) is 0 Å². The lowest BCUT2D eigenvalue weighted by Crippen LogP contribution is -1.96. The molecule has 0 aliphatic carbocycles. The molecule has 3 aromatic heterocycles. The van der Waals surface area contributed by atoms with Crippen molar-refractivity contribution in [1.29, 1.82) is 5.26 Å². The molecule has 0 bridgehead atoms. The van der Waals surface area contributed by atoms with Gasteiger partial charge < -0.3 is 0 Å². The first-order valence-corrected chi connectivity index (χ1v) is 6.65. The standard InChI is InChI=1S/C12H8N6S/c1-19-11-2-3-14-12(17-11)9-5-16-10-6-15-8(4-13)7-18(9)10/h2-3,5-7H,1H3. The number of fused-ring (bicyclic) bond motifs is 1.